The standard InChI is InChI=1S/C25H24N6O2/c1-33-18-7-3-15(4-8-18)16-5-10-21-22(14-16)29-24(28-21)23-19-13-17(6-9-20(19)30-31-23)25(32)27-12-2-11-26/h3-10,13-14H,2,11-12,26H2,1H3,(H,27,32)(H,28,29)(H,30,31). The lowest BCUT2D eigenvalue weighted by atomic mass is 10.1. The van der Waals surface area contributed by atoms with Crippen molar-refractivity contribution in [3.63, 3.8) is 0 Å². The molecule has 0 aliphatic rings. The Kier molecular flexibility index (Phi) is 5.50. The van der Waals surface area contributed by atoms with Crippen LogP contribution in [0.1, 0.15) is 16.8 Å². The van der Waals surface area contributed by atoms with Crippen molar-refractivity contribution in [2.24, 2.45) is 5.73 Å². The summed E-state index contributed by atoms with van der Waals surface area (Å²) in [6, 6.07) is 19.5. The minimum absolute atomic E-state index is 0.133. The number of fused-ring (bicyclic) bond motifs is 2. The minimum Gasteiger partial charge on any atom is -0.497 e. The normalized spacial score (nSPS) is 11.2. The van der Waals surface area contributed by atoms with Crippen LogP contribution in [0.25, 0.3) is 44.6 Å². The summed E-state index contributed by atoms with van der Waals surface area (Å²) in [6.45, 7) is 1.09. The number of aromatic nitrogens is 4. The molecule has 33 heavy (non-hydrogen) atoms. The van der Waals surface area contributed by atoms with E-state index in [9.17, 15) is 4.79 Å². The minimum atomic E-state index is -0.133. The van der Waals surface area contributed by atoms with Gasteiger partial charge < -0.3 is 20.8 Å². The van der Waals surface area contributed by atoms with E-state index >= 15 is 0 Å². The fourth-order valence-electron chi connectivity index (χ4n) is 3.83. The molecule has 3 aromatic carbocycles. The number of imidazole rings is 1. The molecule has 8 heteroatoms. The van der Waals surface area contributed by atoms with Crippen molar-refractivity contribution in [2.45, 2.75) is 6.42 Å². The first-order valence-electron chi connectivity index (χ1n) is 10.8. The summed E-state index contributed by atoms with van der Waals surface area (Å²) in [7, 11) is 1.66. The Morgan fingerprint density at radius 2 is 1.85 bits per heavy atom. The average Bonchev–Trinajstić information content (AvgIpc) is 3.47. The lowest BCUT2D eigenvalue weighted by Gasteiger charge is -2.04. The number of amides is 1. The Morgan fingerprint density at radius 1 is 1.03 bits per heavy atom. The van der Waals surface area contributed by atoms with Crippen molar-refractivity contribution < 1.29 is 9.53 Å². The number of methoxy groups -OCH3 is 1. The maximum Gasteiger partial charge on any atom is 0.251 e. The molecule has 0 saturated carbocycles. The molecule has 0 fully saturated rings. The van der Waals surface area contributed by atoms with Gasteiger partial charge in [-0.1, -0.05) is 18.2 Å². The average molecular weight is 441 g/mol. The lowest BCUT2D eigenvalue weighted by Crippen LogP contribution is -2.25. The first-order chi connectivity index (χ1) is 16.2. The van der Waals surface area contributed by atoms with Gasteiger partial charge in [-0.2, -0.15) is 5.10 Å². The third-order valence-corrected chi connectivity index (χ3v) is 5.62. The molecule has 0 saturated heterocycles. The number of hydrogen-bond acceptors (Lipinski definition) is 5. The number of nitrogens with zero attached hydrogens (tertiary/aromatic N) is 2. The van der Waals surface area contributed by atoms with Gasteiger partial charge in [0.15, 0.2) is 5.82 Å². The second-order valence-electron chi connectivity index (χ2n) is 7.78. The molecule has 0 aliphatic carbocycles. The number of carbonyl (C=O) groups is 1. The predicted octanol–water partition coefficient (Wildman–Crippen LogP) is 3.86. The van der Waals surface area contributed by atoms with Gasteiger partial charge in [0.2, 0.25) is 0 Å². The zero-order valence-corrected chi connectivity index (χ0v) is 18.2. The number of nitrogens with one attached hydrogen (secondary N) is 3. The highest BCUT2D eigenvalue weighted by Crippen LogP contribution is 2.29. The summed E-state index contributed by atoms with van der Waals surface area (Å²) < 4.78 is 5.25. The van der Waals surface area contributed by atoms with Crippen molar-refractivity contribution >= 4 is 27.8 Å². The molecule has 5 rings (SSSR count). The van der Waals surface area contributed by atoms with Gasteiger partial charge in [-0.3, -0.25) is 9.89 Å². The molecule has 0 unspecified atom stereocenters. The SMILES string of the molecule is COc1ccc(-c2ccc3nc(-c4n[nH]c5ccc(C(=O)NCCCN)cc45)[nH]c3c2)cc1. The van der Waals surface area contributed by atoms with E-state index < -0.39 is 0 Å². The molecule has 2 aromatic heterocycles. The van der Waals surface area contributed by atoms with E-state index in [1.54, 1.807) is 13.2 Å². The van der Waals surface area contributed by atoms with Crippen LogP contribution in [0.4, 0.5) is 0 Å². The molecule has 5 aromatic rings. The molecular formula is C25H24N6O2. The van der Waals surface area contributed by atoms with E-state index in [0.717, 1.165) is 45.2 Å². The summed E-state index contributed by atoms with van der Waals surface area (Å²) in [5.41, 5.74) is 11.5. The van der Waals surface area contributed by atoms with Gasteiger partial charge in [0.05, 0.1) is 23.7 Å². The first-order valence-corrected chi connectivity index (χ1v) is 10.8. The van der Waals surface area contributed by atoms with Gasteiger partial charge >= 0.3 is 0 Å². The van der Waals surface area contributed by atoms with Crippen LogP contribution in [-0.2, 0) is 0 Å². The summed E-state index contributed by atoms with van der Waals surface area (Å²) in [5, 5.41) is 11.2. The first kappa shape index (κ1) is 20.7. The highest BCUT2D eigenvalue weighted by molar-refractivity contribution is 6.01. The van der Waals surface area contributed by atoms with Crippen molar-refractivity contribution in [1.29, 1.82) is 0 Å². The van der Waals surface area contributed by atoms with Gasteiger partial charge in [0.1, 0.15) is 11.4 Å². The van der Waals surface area contributed by atoms with E-state index in [2.05, 4.69) is 26.6 Å². The van der Waals surface area contributed by atoms with Gasteiger partial charge in [0.25, 0.3) is 5.91 Å². The number of aromatic amines is 2. The Balaban J connectivity index is 1.48. The fourth-order valence-corrected chi connectivity index (χ4v) is 3.83. The van der Waals surface area contributed by atoms with E-state index in [1.807, 2.05) is 48.5 Å². The third-order valence-electron chi connectivity index (χ3n) is 5.62. The summed E-state index contributed by atoms with van der Waals surface area (Å²) in [5.74, 6) is 1.33. The van der Waals surface area contributed by atoms with Gasteiger partial charge in [-0.25, -0.2) is 4.98 Å². The topological polar surface area (TPSA) is 122 Å². The molecule has 0 bridgehead atoms. The Labute approximate surface area is 190 Å². The lowest BCUT2D eigenvalue weighted by molar-refractivity contribution is 0.0953. The van der Waals surface area contributed by atoms with Crippen LogP contribution in [0.5, 0.6) is 5.75 Å². The summed E-state index contributed by atoms with van der Waals surface area (Å²) in [4.78, 5) is 20.6. The van der Waals surface area contributed by atoms with E-state index in [4.69, 9.17) is 15.5 Å². The Morgan fingerprint density at radius 3 is 2.64 bits per heavy atom. The van der Waals surface area contributed by atoms with Crippen LogP contribution in [0, 0.1) is 0 Å². The molecule has 0 aliphatic heterocycles. The van der Waals surface area contributed by atoms with Crippen LogP contribution in [0.3, 0.4) is 0 Å². The van der Waals surface area contributed by atoms with Crippen LogP contribution >= 0.6 is 0 Å². The second kappa shape index (κ2) is 8.76. The number of rotatable bonds is 7. The van der Waals surface area contributed by atoms with Crippen LogP contribution in [-0.4, -0.2) is 46.3 Å². The van der Waals surface area contributed by atoms with E-state index in [0.29, 0.717) is 30.2 Å². The summed E-state index contributed by atoms with van der Waals surface area (Å²) >= 11 is 0. The number of nitrogens with two attached hydrogens (primary N) is 1. The number of ether oxygens (including phenoxy) is 1. The molecule has 0 spiro atoms. The third kappa shape index (κ3) is 4.04. The second-order valence-corrected chi connectivity index (χ2v) is 7.78. The van der Waals surface area contributed by atoms with Crippen LogP contribution in [0.15, 0.2) is 60.7 Å². The van der Waals surface area contributed by atoms with E-state index in [1.165, 1.54) is 0 Å². The molecule has 2 heterocycles. The molecule has 0 radical (unpaired) electrons. The largest absolute Gasteiger partial charge is 0.497 e. The maximum absolute atomic E-state index is 12.5. The number of hydrogen-bond donors (Lipinski definition) is 4. The van der Waals surface area contributed by atoms with Crippen molar-refractivity contribution in [1.82, 2.24) is 25.5 Å². The van der Waals surface area contributed by atoms with Gasteiger partial charge in [0, 0.05) is 17.5 Å². The number of carbonyl (C=O) groups excluding carboxylic acids is 1. The highest BCUT2D eigenvalue weighted by atomic mass is 16.5. The Hall–Kier alpha value is -4.17. The maximum atomic E-state index is 12.5. The zero-order chi connectivity index (χ0) is 22.8. The molecule has 0 atom stereocenters. The number of benzene rings is 3. The van der Waals surface area contributed by atoms with Gasteiger partial charge in [-0.05, 0) is 66.6 Å². The van der Waals surface area contributed by atoms with Crippen molar-refractivity contribution in [2.75, 3.05) is 20.2 Å². The molecule has 5 N–H and O–H groups in total. The Bertz CT molecular complexity index is 1430. The van der Waals surface area contributed by atoms with Crippen molar-refractivity contribution in [3.05, 3.63) is 66.2 Å². The van der Waals surface area contributed by atoms with Gasteiger partial charge in [-0.15, -0.1) is 0 Å². The fraction of sp³-hybridized carbons (Fsp3) is 0.160. The monoisotopic (exact) mass is 440 g/mol. The quantitative estimate of drug-likeness (QED) is 0.286. The predicted molar refractivity (Wildman–Crippen MR) is 129 cm³/mol. The summed E-state index contributed by atoms with van der Waals surface area (Å²) in [6.07, 6.45) is 0.739. The highest BCUT2D eigenvalue weighted by Gasteiger charge is 2.15. The van der Waals surface area contributed by atoms with Crippen molar-refractivity contribution in [3.8, 4) is 28.4 Å². The molecule has 166 valence electrons. The smallest absolute Gasteiger partial charge is 0.251 e. The van der Waals surface area contributed by atoms with Crippen LogP contribution in [0.2, 0.25) is 0 Å². The molecule has 8 nitrogen and oxygen atoms in total. The van der Waals surface area contributed by atoms with E-state index in [-0.39, 0.29) is 5.91 Å². The zero-order valence-electron chi connectivity index (χ0n) is 18.2. The molecule has 1 amide bonds. The molecular weight excluding hydrogens is 416 g/mol. The number of H-pyrrole nitrogens is 2. The van der Waals surface area contributed by atoms with Crippen LogP contribution < -0.4 is 15.8 Å².